The third-order valence-electron chi connectivity index (χ3n) is 3.76. The highest BCUT2D eigenvalue weighted by molar-refractivity contribution is 5.28. The summed E-state index contributed by atoms with van der Waals surface area (Å²) in [4.78, 5) is 2.35. The van der Waals surface area contributed by atoms with Crippen molar-refractivity contribution in [3.05, 3.63) is 29.8 Å². The quantitative estimate of drug-likeness (QED) is 0.886. The van der Waals surface area contributed by atoms with Gasteiger partial charge in [-0.15, -0.1) is 0 Å². The molecule has 1 heterocycles. The summed E-state index contributed by atoms with van der Waals surface area (Å²) >= 11 is 0. The fraction of sp³-hybridized carbons (Fsp3) is 0.625. The van der Waals surface area contributed by atoms with Gasteiger partial charge in [0, 0.05) is 13.1 Å². The molecule has 1 N–H and O–H groups in total. The van der Waals surface area contributed by atoms with Crippen LogP contribution in [0.5, 0.6) is 5.75 Å². The summed E-state index contributed by atoms with van der Waals surface area (Å²) in [6, 6.07) is 7.76. The standard InChI is InChI=1S/C16H25NO2/c1-4-19-14-7-5-13(6-8-14)15(18)11-17-10-9-16(2,3)12-17/h5-8,15,18H,4,9-12H2,1-3H3. The number of likely N-dealkylation sites (tertiary alicyclic amines) is 1. The number of β-amino-alcohol motifs (C(OH)–C–C–N with tert-alkyl or cyclic N) is 1. The minimum Gasteiger partial charge on any atom is -0.494 e. The first kappa shape index (κ1) is 14.4. The van der Waals surface area contributed by atoms with Crippen molar-refractivity contribution in [1.29, 1.82) is 0 Å². The van der Waals surface area contributed by atoms with Crippen molar-refractivity contribution in [3.63, 3.8) is 0 Å². The van der Waals surface area contributed by atoms with Crippen LogP contribution in [0.4, 0.5) is 0 Å². The Morgan fingerprint density at radius 2 is 2.00 bits per heavy atom. The average molecular weight is 263 g/mol. The zero-order valence-corrected chi connectivity index (χ0v) is 12.2. The van der Waals surface area contributed by atoms with Gasteiger partial charge < -0.3 is 9.84 Å². The lowest BCUT2D eigenvalue weighted by Crippen LogP contribution is -2.28. The molecular formula is C16H25NO2. The first-order valence-corrected chi connectivity index (χ1v) is 7.13. The largest absolute Gasteiger partial charge is 0.494 e. The van der Waals surface area contributed by atoms with Crippen molar-refractivity contribution in [2.45, 2.75) is 33.3 Å². The summed E-state index contributed by atoms with van der Waals surface area (Å²) in [5, 5.41) is 10.3. The first-order chi connectivity index (χ1) is 9.00. The van der Waals surface area contributed by atoms with Gasteiger partial charge >= 0.3 is 0 Å². The monoisotopic (exact) mass is 263 g/mol. The average Bonchev–Trinajstić information content (AvgIpc) is 2.70. The molecule has 2 rings (SSSR count). The van der Waals surface area contributed by atoms with Gasteiger partial charge in [-0.2, -0.15) is 0 Å². The van der Waals surface area contributed by atoms with Crippen LogP contribution >= 0.6 is 0 Å². The lowest BCUT2D eigenvalue weighted by molar-refractivity contribution is 0.121. The van der Waals surface area contributed by atoms with Gasteiger partial charge in [-0.1, -0.05) is 26.0 Å². The van der Waals surface area contributed by atoms with Gasteiger partial charge in [0.15, 0.2) is 0 Å². The molecule has 3 heteroatoms. The van der Waals surface area contributed by atoms with Gasteiger partial charge in [0.2, 0.25) is 0 Å². The molecule has 0 amide bonds. The smallest absolute Gasteiger partial charge is 0.119 e. The molecule has 3 nitrogen and oxygen atoms in total. The van der Waals surface area contributed by atoms with E-state index in [9.17, 15) is 5.11 Å². The molecule has 1 aliphatic rings. The summed E-state index contributed by atoms with van der Waals surface area (Å²) in [5.74, 6) is 0.862. The van der Waals surface area contributed by atoms with Crippen LogP contribution in [0, 0.1) is 5.41 Å². The number of aliphatic hydroxyl groups is 1. The third-order valence-corrected chi connectivity index (χ3v) is 3.76. The van der Waals surface area contributed by atoms with Gasteiger partial charge in [0.25, 0.3) is 0 Å². The molecule has 0 spiro atoms. The number of rotatable bonds is 5. The Hall–Kier alpha value is -1.06. The van der Waals surface area contributed by atoms with Crippen molar-refractivity contribution >= 4 is 0 Å². The Balaban J connectivity index is 1.91. The number of nitrogens with zero attached hydrogens (tertiary/aromatic N) is 1. The molecule has 1 fully saturated rings. The molecule has 1 unspecified atom stereocenters. The highest BCUT2D eigenvalue weighted by atomic mass is 16.5. The number of hydrogen-bond acceptors (Lipinski definition) is 3. The van der Waals surface area contributed by atoms with Crippen LogP contribution in [-0.2, 0) is 0 Å². The molecule has 1 saturated heterocycles. The SMILES string of the molecule is CCOc1ccc(C(O)CN2CCC(C)(C)C2)cc1. The molecule has 0 saturated carbocycles. The molecule has 0 bridgehead atoms. The third kappa shape index (κ3) is 3.95. The minimum absolute atomic E-state index is 0.387. The number of benzene rings is 1. The normalized spacial score (nSPS) is 20.4. The predicted molar refractivity (Wildman–Crippen MR) is 77.4 cm³/mol. The first-order valence-electron chi connectivity index (χ1n) is 7.13. The zero-order chi connectivity index (χ0) is 13.9. The van der Waals surface area contributed by atoms with Crippen LogP contribution < -0.4 is 4.74 Å². The maximum absolute atomic E-state index is 10.3. The molecule has 1 aromatic carbocycles. The Morgan fingerprint density at radius 3 is 2.53 bits per heavy atom. The van der Waals surface area contributed by atoms with Crippen LogP contribution in [0.1, 0.15) is 38.9 Å². The van der Waals surface area contributed by atoms with Crippen molar-refractivity contribution in [2.75, 3.05) is 26.2 Å². The van der Waals surface area contributed by atoms with E-state index in [0.29, 0.717) is 12.0 Å². The lowest BCUT2D eigenvalue weighted by Gasteiger charge is -2.22. The molecular weight excluding hydrogens is 238 g/mol. The topological polar surface area (TPSA) is 32.7 Å². The number of ether oxygens (including phenoxy) is 1. The van der Waals surface area contributed by atoms with Gasteiger partial charge in [-0.25, -0.2) is 0 Å². The maximum Gasteiger partial charge on any atom is 0.119 e. The van der Waals surface area contributed by atoms with E-state index in [1.807, 2.05) is 31.2 Å². The Labute approximate surface area is 116 Å². The molecule has 0 radical (unpaired) electrons. The van der Waals surface area contributed by atoms with E-state index in [4.69, 9.17) is 4.74 Å². The van der Waals surface area contributed by atoms with Crippen LogP contribution in [0.25, 0.3) is 0 Å². The van der Waals surface area contributed by atoms with E-state index in [1.54, 1.807) is 0 Å². The highest BCUT2D eigenvalue weighted by Crippen LogP contribution is 2.30. The second-order valence-electron chi connectivity index (χ2n) is 6.17. The van der Waals surface area contributed by atoms with Crippen molar-refractivity contribution in [2.24, 2.45) is 5.41 Å². The van der Waals surface area contributed by atoms with Gasteiger partial charge in [-0.3, -0.25) is 4.90 Å². The predicted octanol–water partition coefficient (Wildman–Crippen LogP) is 2.85. The minimum atomic E-state index is -0.412. The summed E-state index contributed by atoms with van der Waals surface area (Å²) in [7, 11) is 0. The Morgan fingerprint density at radius 1 is 1.32 bits per heavy atom. The maximum atomic E-state index is 10.3. The lowest BCUT2D eigenvalue weighted by atomic mass is 9.93. The number of aliphatic hydroxyl groups excluding tert-OH is 1. The molecule has 19 heavy (non-hydrogen) atoms. The summed E-state index contributed by atoms with van der Waals surface area (Å²) < 4.78 is 5.41. The molecule has 0 aliphatic carbocycles. The van der Waals surface area contributed by atoms with Gasteiger partial charge in [0.05, 0.1) is 12.7 Å². The highest BCUT2D eigenvalue weighted by Gasteiger charge is 2.30. The van der Waals surface area contributed by atoms with E-state index in [2.05, 4.69) is 18.7 Å². The van der Waals surface area contributed by atoms with Crippen molar-refractivity contribution in [3.8, 4) is 5.75 Å². The fourth-order valence-electron chi connectivity index (χ4n) is 2.68. The van der Waals surface area contributed by atoms with Gasteiger partial charge in [-0.05, 0) is 43.0 Å². The summed E-state index contributed by atoms with van der Waals surface area (Å²) in [6.07, 6.45) is 0.799. The Kier molecular flexibility index (Phi) is 4.48. The summed E-state index contributed by atoms with van der Waals surface area (Å²) in [6.45, 7) is 10.1. The number of hydrogen-bond donors (Lipinski definition) is 1. The van der Waals surface area contributed by atoms with Crippen LogP contribution in [0.3, 0.4) is 0 Å². The second kappa shape index (κ2) is 5.93. The van der Waals surface area contributed by atoms with Crippen LogP contribution in [0.2, 0.25) is 0 Å². The second-order valence-corrected chi connectivity index (χ2v) is 6.17. The molecule has 1 aliphatic heterocycles. The van der Waals surface area contributed by atoms with E-state index in [-0.39, 0.29) is 0 Å². The molecule has 106 valence electrons. The van der Waals surface area contributed by atoms with Gasteiger partial charge in [0.1, 0.15) is 5.75 Å². The Bertz CT molecular complexity index is 400. The molecule has 1 atom stereocenters. The fourth-order valence-corrected chi connectivity index (χ4v) is 2.68. The van der Waals surface area contributed by atoms with Crippen LogP contribution in [0.15, 0.2) is 24.3 Å². The van der Waals surface area contributed by atoms with Crippen molar-refractivity contribution < 1.29 is 9.84 Å². The van der Waals surface area contributed by atoms with E-state index in [1.165, 1.54) is 6.42 Å². The van der Waals surface area contributed by atoms with Crippen LogP contribution in [-0.4, -0.2) is 36.2 Å². The van der Waals surface area contributed by atoms with Crippen molar-refractivity contribution in [1.82, 2.24) is 4.90 Å². The van der Waals surface area contributed by atoms with E-state index >= 15 is 0 Å². The van der Waals surface area contributed by atoms with E-state index < -0.39 is 6.10 Å². The molecule has 0 aromatic heterocycles. The molecule has 1 aromatic rings. The summed E-state index contributed by atoms with van der Waals surface area (Å²) in [5.41, 5.74) is 1.35. The zero-order valence-electron chi connectivity index (χ0n) is 12.2. The van der Waals surface area contributed by atoms with E-state index in [0.717, 1.165) is 30.9 Å².